The molecule has 3 N–H and O–H groups in total. The van der Waals surface area contributed by atoms with Crippen molar-refractivity contribution in [3.63, 3.8) is 0 Å². The number of nitrogens with zero attached hydrogens (tertiary/aromatic N) is 3. The van der Waals surface area contributed by atoms with Gasteiger partial charge in [-0.15, -0.1) is 0 Å². The Hall–Kier alpha value is -1.62. The van der Waals surface area contributed by atoms with Crippen LogP contribution in [0.25, 0.3) is 5.52 Å². The number of hydrogen-bond acceptors (Lipinski definition) is 4. The number of aryl methyl sites for hydroxylation is 1. The molecule has 0 unspecified atom stereocenters. The summed E-state index contributed by atoms with van der Waals surface area (Å²) in [7, 11) is 0. The van der Waals surface area contributed by atoms with Gasteiger partial charge < -0.3 is 11.1 Å². The normalized spacial score (nSPS) is 17.0. The highest BCUT2D eigenvalue weighted by atomic mass is 15.2. The van der Waals surface area contributed by atoms with E-state index in [1.807, 2.05) is 17.6 Å². The molecular formula is C13H19N5. The van der Waals surface area contributed by atoms with Crippen molar-refractivity contribution < 1.29 is 0 Å². The summed E-state index contributed by atoms with van der Waals surface area (Å²) in [5.74, 6) is 0.918. The molecule has 0 bridgehead atoms. The van der Waals surface area contributed by atoms with Gasteiger partial charge in [0.15, 0.2) is 5.82 Å². The number of rotatable bonds is 5. The van der Waals surface area contributed by atoms with Crippen molar-refractivity contribution >= 4 is 11.3 Å². The molecule has 0 spiro atoms. The molecule has 5 heteroatoms. The summed E-state index contributed by atoms with van der Waals surface area (Å²) in [6.45, 7) is 3.72. The quantitative estimate of drug-likeness (QED) is 0.839. The first-order valence-electron chi connectivity index (χ1n) is 6.47. The van der Waals surface area contributed by atoms with E-state index >= 15 is 0 Å². The van der Waals surface area contributed by atoms with Crippen LogP contribution in [0.2, 0.25) is 0 Å². The van der Waals surface area contributed by atoms with Crippen molar-refractivity contribution in [2.24, 2.45) is 11.1 Å². The number of nitrogens with one attached hydrogen (secondary N) is 1. The molecule has 0 aliphatic heterocycles. The van der Waals surface area contributed by atoms with Gasteiger partial charge in [-0.3, -0.25) is 0 Å². The molecule has 0 atom stereocenters. The Kier molecular flexibility index (Phi) is 2.70. The summed E-state index contributed by atoms with van der Waals surface area (Å²) < 4.78 is 1.87. The zero-order valence-corrected chi connectivity index (χ0v) is 10.7. The van der Waals surface area contributed by atoms with Crippen LogP contribution in [-0.2, 0) is 0 Å². The fraction of sp³-hybridized carbons (Fsp3) is 0.538. The minimum absolute atomic E-state index is 0.415. The van der Waals surface area contributed by atoms with E-state index in [2.05, 4.69) is 21.5 Å². The summed E-state index contributed by atoms with van der Waals surface area (Å²) in [4.78, 5) is 4.41. The van der Waals surface area contributed by atoms with E-state index < -0.39 is 0 Å². The number of fused-ring (bicyclic) bond motifs is 1. The van der Waals surface area contributed by atoms with E-state index in [1.165, 1.54) is 12.8 Å². The SMILES string of the molecule is Cc1cc2c(NCC3(CCN)CC3)nccn2n1. The van der Waals surface area contributed by atoms with Gasteiger partial charge in [0.25, 0.3) is 0 Å². The Morgan fingerprint density at radius 1 is 1.50 bits per heavy atom. The zero-order valence-electron chi connectivity index (χ0n) is 10.7. The predicted molar refractivity (Wildman–Crippen MR) is 71.6 cm³/mol. The van der Waals surface area contributed by atoms with Gasteiger partial charge in [-0.25, -0.2) is 9.50 Å². The van der Waals surface area contributed by atoms with Gasteiger partial charge in [0, 0.05) is 18.9 Å². The zero-order chi connectivity index (χ0) is 12.6. The van der Waals surface area contributed by atoms with Crippen LogP contribution < -0.4 is 11.1 Å². The molecule has 2 aromatic heterocycles. The molecule has 0 saturated heterocycles. The van der Waals surface area contributed by atoms with Crippen LogP contribution in [0, 0.1) is 12.3 Å². The van der Waals surface area contributed by atoms with E-state index in [9.17, 15) is 0 Å². The second-order valence-corrected chi connectivity index (χ2v) is 5.28. The standard InChI is InChI=1S/C13H19N5/c1-10-8-11-12(15-6-7-18(11)17-10)16-9-13(2-3-13)4-5-14/h6-8H,2-5,9,14H2,1H3,(H,15,16). The van der Waals surface area contributed by atoms with E-state index in [1.54, 1.807) is 6.20 Å². The minimum atomic E-state index is 0.415. The maximum absolute atomic E-state index is 5.66. The predicted octanol–water partition coefficient (Wildman–Crippen LogP) is 1.58. The van der Waals surface area contributed by atoms with Crippen molar-refractivity contribution in [2.45, 2.75) is 26.2 Å². The molecule has 1 fully saturated rings. The highest BCUT2D eigenvalue weighted by Gasteiger charge is 2.41. The average Bonchev–Trinajstić information content (AvgIpc) is 3.00. The molecule has 0 amide bonds. The van der Waals surface area contributed by atoms with Crippen LogP contribution >= 0.6 is 0 Å². The smallest absolute Gasteiger partial charge is 0.152 e. The molecule has 1 aliphatic carbocycles. The number of aromatic nitrogens is 3. The Labute approximate surface area is 106 Å². The molecule has 2 heterocycles. The average molecular weight is 245 g/mol. The largest absolute Gasteiger partial charge is 0.368 e. The number of nitrogens with two attached hydrogens (primary N) is 1. The fourth-order valence-corrected chi connectivity index (χ4v) is 2.45. The van der Waals surface area contributed by atoms with E-state index in [-0.39, 0.29) is 0 Å². The molecule has 3 rings (SSSR count). The monoisotopic (exact) mass is 245 g/mol. The van der Waals surface area contributed by atoms with Gasteiger partial charge in [-0.1, -0.05) is 0 Å². The van der Waals surface area contributed by atoms with Gasteiger partial charge in [-0.2, -0.15) is 5.10 Å². The molecule has 5 nitrogen and oxygen atoms in total. The molecular weight excluding hydrogens is 226 g/mol. The lowest BCUT2D eigenvalue weighted by atomic mass is 10.0. The summed E-state index contributed by atoms with van der Waals surface area (Å²) in [5.41, 5.74) is 8.12. The van der Waals surface area contributed by atoms with Crippen molar-refractivity contribution in [1.82, 2.24) is 14.6 Å². The van der Waals surface area contributed by atoms with Crippen LogP contribution in [0.15, 0.2) is 18.5 Å². The Morgan fingerprint density at radius 2 is 2.33 bits per heavy atom. The molecule has 2 aromatic rings. The lowest BCUT2D eigenvalue weighted by Crippen LogP contribution is -2.19. The lowest BCUT2D eigenvalue weighted by Gasteiger charge is -2.15. The molecule has 18 heavy (non-hydrogen) atoms. The summed E-state index contributed by atoms with van der Waals surface area (Å²) in [6, 6.07) is 2.05. The first-order chi connectivity index (χ1) is 8.72. The maximum Gasteiger partial charge on any atom is 0.152 e. The molecule has 96 valence electrons. The third kappa shape index (κ3) is 2.06. The Bertz CT molecular complexity index is 556. The second-order valence-electron chi connectivity index (χ2n) is 5.28. The van der Waals surface area contributed by atoms with Crippen LogP contribution in [0.3, 0.4) is 0 Å². The highest BCUT2D eigenvalue weighted by molar-refractivity contribution is 5.67. The Balaban J connectivity index is 1.78. The molecule has 1 saturated carbocycles. The third-order valence-corrected chi connectivity index (χ3v) is 3.77. The van der Waals surface area contributed by atoms with E-state index in [4.69, 9.17) is 5.73 Å². The van der Waals surface area contributed by atoms with Crippen LogP contribution in [-0.4, -0.2) is 27.7 Å². The van der Waals surface area contributed by atoms with Crippen molar-refractivity contribution in [3.8, 4) is 0 Å². The van der Waals surface area contributed by atoms with Gasteiger partial charge in [0.1, 0.15) is 5.52 Å². The summed E-state index contributed by atoms with van der Waals surface area (Å²) >= 11 is 0. The van der Waals surface area contributed by atoms with Gasteiger partial charge in [0.2, 0.25) is 0 Å². The highest BCUT2D eigenvalue weighted by Crippen LogP contribution is 2.48. The second kappa shape index (κ2) is 4.24. The maximum atomic E-state index is 5.66. The van der Waals surface area contributed by atoms with Crippen molar-refractivity contribution in [2.75, 3.05) is 18.4 Å². The molecule has 1 aliphatic rings. The number of hydrogen-bond donors (Lipinski definition) is 2. The van der Waals surface area contributed by atoms with Gasteiger partial charge in [0.05, 0.1) is 5.69 Å². The van der Waals surface area contributed by atoms with Crippen molar-refractivity contribution in [3.05, 3.63) is 24.2 Å². The summed E-state index contributed by atoms with van der Waals surface area (Å²) in [5, 5.41) is 7.85. The third-order valence-electron chi connectivity index (χ3n) is 3.77. The van der Waals surface area contributed by atoms with Crippen LogP contribution in [0.4, 0.5) is 5.82 Å². The Morgan fingerprint density at radius 3 is 3.06 bits per heavy atom. The first kappa shape index (κ1) is 11.5. The van der Waals surface area contributed by atoms with E-state index in [0.29, 0.717) is 5.41 Å². The van der Waals surface area contributed by atoms with E-state index in [0.717, 1.165) is 36.5 Å². The lowest BCUT2D eigenvalue weighted by molar-refractivity contribution is 0.500. The molecule has 0 radical (unpaired) electrons. The number of anilines is 1. The van der Waals surface area contributed by atoms with Gasteiger partial charge in [-0.05, 0) is 44.2 Å². The van der Waals surface area contributed by atoms with Crippen LogP contribution in [0.5, 0.6) is 0 Å². The topological polar surface area (TPSA) is 68.2 Å². The minimum Gasteiger partial charge on any atom is -0.368 e. The fourth-order valence-electron chi connectivity index (χ4n) is 2.45. The summed E-state index contributed by atoms with van der Waals surface area (Å²) in [6.07, 6.45) is 7.31. The molecule has 0 aromatic carbocycles. The van der Waals surface area contributed by atoms with Gasteiger partial charge >= 0.3 is 0 Å². The van der Waals surface area contributed by atoms with Crippen molar-refractivity contribution in [1.29, 1.82) is 0 Å². The first-order valence-corrected chi connectivity index (χ1v) is 6.47. The van der Waals surface area contributed by atoms with Crippen LogP contribution in [0.1, 0.15) is 25.0 Å².